The standard InChI is InChI=1S/C16H14FN3O2/c1-21-14-6-9(2-3-12(14)17)15-10(7-18)16(19)20-13-4-5-22-8-11(13)15/h2-3,6H,4-5,8H2,1H3,(H2,19,20). The van der Waals surface area contributed by atoms with E-state index in [4.69, 9.17) is 15.2 Å². The topological polar surface area (TPSA) is 81.2 Å². The molecule has 0 atom stereocenters. The van der Waals surface area contributed by atoms with Crippen molar-refractivity contribution in [3.05, 3.63) is 40.8 Å². The Labute approximate surface area is 127 Å². The maximum Gasteiger partial charge on any atom is 0.165 e. The number of hydrogen-bond donors (Lipinski definition) is 1. The van der Waals surface area contributed by atoms with Crippen molar-refractivity contribution >= 4 is 5.82 Å². The van der Waals surface area contributed by atoms with Crippen LogP contribution in [0.5, 0.6) is 5.75 Å². The zero-order chi connectivity index (χ0) is 15.7. The van der Waals surface area contributed by atoms with Crippen molar-refractivity contribution in [2.45, 2.75) is 13.0 Å². The minimum absolute atomic E-state index is 0.113. The highest BCUT2D eigenvalue weighted by molar-refractivity contribution is 5.79. The third-order valence-corrected chi connectivity index (χ3v) is 3.69. The molecule has 1 aromatic heterocycles. The number of ether oxygens (including phenoxy) is 2. The lowest BCUT2D eigenvalue weighted by Gasteiger charge is -2.21. The predicted octanol–water partition coefficient (Wildman–Crippen LogP) is 2.42. The van der Waals surface area contributed by atoms with Crippen LogP contribution in [0.4, 0.5) is 10.2 Å². The van der Waals surface area contributed by atoms with Gasteiger partial charge in [-0.05, 0) is 17.7 Å². The zero-order valence-electron chi connectivity index (χ0n) is 12.0. The molecule has 0 unspecified atom stereocenters. The van der Waals surface area contributed by atoms with Gasteiger partial charge < -0.3 is 15.2 Å². The molecule has 0 radical (unpaired) electrons. The average molecular weight is 299 g/mol. The molecule has 2 heterocycles. The average Bonchev–Trinajstić information content (AvgIpc) is 2.54. The Morgan fingerprint density at radius 3 is 3.00 bits per heavy atom. The number of nitrogens with two attached hydrogens (primary N) is 1. The van der Waals surface area contributed by atoms with Gasteiger partial charge in [0.1, 0.15) is 17.5 Å². The van der Waals surface area contributed by atoms with E-state index >= 15 is 0 Å². The van der Waals surface area contributed by atoms with E-state index in [1.807, 2.05) is 0 Å². The maximum atomic E-state index is 13.6. The third-order valence-electron chi connectivity index (χ3n) is 3.69. The monoisotopic (exact) mass is 299 g/mol. The second-order valence-corrected chi connectivity index (χ2v) is 4.94. The fourth-order valence-corrected chi connectivity index (χ4v) is 2.64. The lowest BCUT2D eigenvalue weighted by Crippen LogP contribution is -2.16. The fraction of sp³-hybridized carbons (Fsp3) is 0.250. The summed E-state index contributed by atoms with van der Waals surface area (Å²) in [6.45, 7) is 0.920. The van der Waals surface area contributed by atoms with Crippen molar-refractivity contribution in [1.29, 1.82) is 5.26 Å². The lowest BCUT2D eigenvalue weighted by molar-refractivity contribution is 0.109. The molecule has 0 saturated carbocycles. The second-order valence-electron chi connectivity index (χ2n) is 4.94. The Hall–Kier alpha value is -2.65. The molecule has 0 bridgehead atoms. The number of benzene rings is 1. The van der Waals surface area contributed by atoms with Crippen molar-refractivity contribution < 1.29 is 13.9 Å². The Balaban J connectivity index is 2.29. The molecule has 22 heavy (non-hydrogen) atoms. The predicted molar refractivity (Wildman–Crippen MR) is 78.7 cm³/mol. The normalized spacial score (nSPS) is 13.3. The third kappa shape index (κ3) is 2.26. The number of anilines is 1. The molecule has 0 spiro atoms. The summed E-state index contributed by atoms with van der Waals surface area (Å²) in [5.41, 5.74) is 9.13. The highest BCUT2D eigenvalue weighted by Gasteiger charge is 2.23. The van der Waals surface area contributed by atoms with E-state index < -0.39 is 5.82 Å². The minimum atomic E-state index is -0.461. The Morgan fingerprint density at radius 2 is 2.27 bits per heavy atom. The van der Waals surface area contributed by atoms with Gasteiger partial charge in [0.25, 0.3) is 0 Å². The summed E-state index contributed by atoms with van der Waals surface area (Å²) in [6.07, 6.45) is 0.635. The van der Waals surface area contributed by atoms with Gasteiger partial charge >= 0.3 is 0 Å². The van der Waals surface area contributed by atoms with Gasteiger partial charge in [0, 0.05) is 17.5 Å². The number of methoxy groups -OCH3 is 1. The van der Waals surface area contributed by atoms with Gasteiger partial charge in [0.15, 0.2) is 11.6 Å². The smallest absolute Gasteiger partial charge is 0.165 e. The first-order valence-corrected chi connectivity index (χ1v) is 6.78. The molecular formula is C16H14FN3O2. The highest BCUT2D eigenvalue weighted by atomic mass is 19.1. The van der Waals surface area contributed by atoms with E-state index in [1.54, 1.807) is 12.1 Å². The Bertz CT molecular complexity index is 784. The largest absolute Gasteiger partial charge is 0.494 e. The number of nitrogens with zero attached hydrogens (tertiary/aromatic N) is 2. The van der Waals surface area contributed by atoms with Gasteiger partial charge in [-0.25, -0.2) is 9.37 Å². The summed E-state index contributed by atoms with van der Waals surface area (Å²) in [5.74, 6) is -0.166. The molecule has 3 rings (SSSR count). The Morgan fingerprint density at radius 1 is 1.45 bits per heavy atom. The molecule has 5 nitrogen and oxygen atoms in total. The molecule has 0 amide bonds. The highest BCUT2D eigenvalue weighted by Crippen LogP contribution is 2.36. The SMILES string of the molecule is COc1cc(-c2c(C#N)c(N)nc3c2COCC3)ccc1F. The summed E-state index contributed by atoms with van der Waals surface area (Å²) in [6, 6.07) is 6.55. The van der Waals surface area contributed by atoms with Gasteiger partial charge in [-0.15, -0.1) is 0 Å². The molecule has 1 aliphatic rings. The van der Waals surface area contributed by atoms with Crippen molar-refractivity contribution in [2.75, 3.05) is 19.5 Å². The van der Waals surface area contributed by atoms with Crippen molar-refractivity contribution in [3.8, 4) is 22.9 Å². The number of nitriles is 1. The summed E-state index contributed by atoms with van der Waals surface area (Å²) >= 11 is 0. The van der Waals surface area contributed by atoms with Gasteiger partial charge in [-0.1, -0.05) is 6.07 Å². The first kappa shape index (κ1) is 14.3. The van der Waals surface area contributed by atoms with Gasteiger partial charge in [0.2, 0.25) is 0 Å². The summed E-state index contributed by atoms with van der Waals surface area (Å²) in [5, 5.41) is 9.43. The Kier molecular flexibility index (Phi) is 3.65. The van der Waals surface area contributed by atoms with Crippen molar-refractivity contribution in [1.82, 2.24) is 4.98 Å². The quantitative estimate of drug-likeness (QED) is 0.921. The van der Waals surface area contributed by atoms with Crippen LogP contribution in [0, 0.1) is 17.1 Å². The molecule has 6 heteroatoms. The number of aromatic nitrogens is 1. The number of halogens is 1. The second kappa shape index (κ2) is 5.62. The van der Waals surface area contributed by atoms with Crippen LogP contribution in [0.1, 0.15) is 16.8 Å². The number of hydrogen-bond acceptors (Lipinski definition) is 5. The molecule has 112 valence electrons. The van der Waals surface area contributed by atoms with Crippen LogP contribution in [0.15, 0.2) is 18.2 Å². The first-order chi connectivity index (χ1) is 10.7. The lowest BCUT2D eigenvalue weighted by atomic mass is 9.92. The number of fused-ring (bicyclic) bond motifs is 1. The van der Waals surface area contributed by atoms with E-state index in [-0.39, 0.29) is 17.1 Å². The van der Waals surface area contributed by atoms with Crippen LogP contribution < -0.4 is 10.5 Å². The van der Waals surface area contributed by atoms with Crippen LogP contribution in [-0.4, -0.2) is 18.7 Å². The summed E-state index contributed by atoms with van der Waals surface area (Å²) in [4.78, 5) is 4.30. The molecule has 2 N–H and O–H groups in total. The van der Waals surface area contributed by atoms with Crippen molar-refractivity contribution in [2.24, 2.45) is 0 Å². The number of nitrogen functional groups attached to an aromatic ring is 1. The molecule has 0 fully saturated rings. The first-order valence-electron chi connectivity index (χ1n) is 6.78. The van der Waals surface area contributed by atoms with Crippen LogP contribution in [-0.2, 0) is 17.8 Å². The van der Waals surface area contributed by atoms with Crippen LogP contribution >= 0.6 is 0 Å². The molecule has 0 aliphatic carbocycles. The summed E-state index contributed by atoms with van der Waals surface area (Å²) in [7, 11) is 1.40. The zero-order valence-corrected chi connectivity index (χ0v) is 12.0. The van der Waals surface area contributed by atoms with E-state index in [1.165, 1.54) is 13.2 Å². The summed E-state index contributed by atoms with van der Waals surface area (Å²) < 4.78 is 24.1. The minimum Gasteiger partial charge on any atom is -0.494 e. The molecule has 2 aromatic rings. The van der Waals surface area contributed by atoms with Crippen LogP contribution in [0.2, 0.25) is 0 Å². The van der Waals surface area contributed by atoms with Gasteiger partial charge in [0.05, 0.1) is 26.0 Å². The number of rotatable bonds is 2. The molecule has 0 saturated heterocycles. The van der Waals surface area contributed by atoms with Crippen molar-refractivity contribution in [3.63, 3.8) is 0 Å². The maximum absolute atomic E-state index is 13.6. The molecule has 1 aromatic carbocycles. The van der Waals surface area contributed by atoms with E-state index in [9.17, 15) is 9.65 Å². The van der Waals surface area contributed by atoms with E-state index in [2.05, 4.69) is 11.1 Å². The van der Waals surface area contributed by atoms with Crippen LogP contribution in [0.25, 0.3) is 11.1 Å². The number of pyridine rings is 1. The fourth-order valence-electron chi connectivity index (χ4n) is 2.64. The van der Waals surface area contributed by atoms with Gasteiger partial charge in [-0.2, -0.15) is 5.26 Å². The van der Waals surface area contributed by atoms with E-state index in [0.717, 1.165) is 11.3 Å². The van der Waals surface area contributed by atoms with Crippen LogP contribution in [0.3, 0.4) is 0 Å². The molecular weight excluding hydrogens is 285 g/mol. The van der Waals surface area contributed by atoms with Gasteiger partial charge in [-0.3, -0.25) is 0 Å². The molecule has 1 aliphatic heterocycles. The van der Waals surface area contributed by atoms with E-state index in [0.29, 0.717) is 30.8 Å².